The Kier molecular flexibility index (Phi) is 6.78. The number of aliphatic hydroxyl groups is 1. The summed E-state index contributed by atoms with van der Waals surface area (Å²) in [6.45, 7) is 5.44. The zero-order valence-electron chi connectivity index (χ0n) is 19.6. The fourth-order valence-corrected chi connectivity index (χ4v) is 5.41. The average molecular weight is 466 g/mol. The van der Waals surface area contributed by atoms with Gasteiger partial charge in [0.25, 0.3) is 0 Å². The fourth-order valence-electron chi connectivity index (χ4n) is 4.26. The third kappa shape index (κ3) is 4.93. The number of amides is 1. The van der Waals surface area contributed by atoms with Crippen molar-refractivity contribution in [2.24, 2.45) is 0 Å². The fraction of sp³-hybridized carbons (Fsp3) is 0.400. The summed E-state index contributed by atoms with van der Waals surface area (Å²) in [4.78, 5) is 28.1. The minimum absolute atomic E-state index is 0.0267. The number of hydrogen-bond donors (Lipinski definition) is 2. The van der Waals surface area contributed by atoms with Crippen molar-refractivity contribution in [3.63, 3.8) is 0 Å². The molecule has 0 unspecified atom stereocenters. The molecule has 1 aliphatic rings. The number of nitrogens with one attached hydrogen (secondary N) is 1. The monoisotopic (exact) mass is 465 g/mol. The number of nitrogens with zero attached hydrogens (tertiary/aromatic N) is 4. The molecule has 1 amide bonds. The SMILES string of the molecule is CN(C)CC=CC(=O)N1Cc2sc3ncnc(N[C@H](CO)c4ccccc4)c3c2CC1(C)C. The molecule has 2 aromatic heterocycles. The van der Waals surface area contributed by atoms with Gasteiger partial charge in [0, 0.05) is 23.0 Å². The van der Waals surface area contributed by atoms with E-state index in [-0.39, 0.29) is 24.1 Å². The third-order valence-electron chi connectivity index (χ3n) is 6.01. The zero-order chi connectivity index (χ0) is 23.6. The molecule has 0 saturated carbocycles. The number of aromatic nitrogens is 2. The van der Waals surface area contributed by atoms with E-state index in [2.05, 4.69) is 29.1 Å². The van der Waals surface area contributed by atoms with Crippen molar-refractivity contribution in [1.82, 2.24) is 19.8 Å². The summed E-state index contributed by atoms with van der Waals surface area (Å²) in [5, 5.41) is 14.5. The smallest absolute Gasteiger partial charge is 0.247 e. The number of anilines is 1. The third-order valence-corrected chi connectivity index (χ3v) is 7.13. The molecule has 1 aromatic carbocycles. The molecule has 0 aliphatic carbocycles. The highest BCUT2D eigenvalue weighted by Crippen LogP contribution is 2.42. The first kappa shape index (κ1) is 23.4. The predicted molar refractivity (Wildman–Crippen MR) is 133 cm³/mol. The quantitative estimate of drug-likeness (QED) is 0.519. The van der Waals surface area contributed by atoms with E-state index in [1.165, 1.54) is 5.56 Å². The van der Waals surface area contributed by atoms with Gasteiger partial charge >= 0.3 is 0 Å². The van der Waals surface area contributed by atoms with E-state index in [1.807, 2.05) is 60.3 Å². The molecule has 33 heavy (non-hydrogen) atoms. The number of rotatable bonds is 7. The molecule has 4 rings (SSSR count). The first-order chi connectivity index (χ1) is 15.8. The van der Waals surface area contributed by atoms with Gasteiger partial charge in [-0.25, -0.2) is 9.97 Å². The number of likely N-dealkylation sites (N-methyl/N-ethyl adjacent to an activating group) is 1. The number of aliphatic hydroxyl groups excluding tert-OH is 1. The standard InChI is InChI=1S/C25H31N5O2S/c1-25(2)13-18-20(14-30(25)21(32)11-8-12-29(3)4)33-24-22(18)23(26-16-27-24)28-19(15-31)17-9-6-5-7-10-17/h5-11,16,19,31H,12-15H2,1-4H3,(H,26,27,28)/t19-/m1/s1. The van der Waals surface area contributed by atoms with Crippen LogP contribution in [0.4, 0.5) is 5.82 Å². The lowest BCUT2D eigenvalue weighted by molar-refractivity contribution is -0.132. The molecule has 174 valence electrons. The number of hydrogen-bond acceptors (Lipinski definition) is 7. The Morgan fingerprint density at radius 2 is 2.06 bits per heavy atom. The van der Waals surface area contributed by atoms with Gasteiger partial charge in [0.2, 0.25) is 5.91 Å². The van der Waals surface area contributed by atoms with Gasteiger partial charge in [0.1, 0.15) is 17.0 Å². The highest BCUT2D eigenvalue weighted by Gasteiger charge is 2.38. The van der Waals surface area contributed by atoms with Crippen molar-refractivity contribution >= 4 is 33.3 Å². The lowest BCUT2D eigenvalue weighted by Gasteiger charge is -2.42. The minimum atomic E-state index is -0.344. The molecule has 1 aliphatic heterocycles. The maximum atomic E-state index is 13.0. The van der Waals surface area contributed by atoms with Gasteiger partial charge in [-0.3, -0.25) is 4.79 Å². The second-order valence-corrected chi connectivity index (χ2v) is 10.4. The molecule has 0 bridgehead atoms. The highest BCUT2D eigenvalue weighted by molar-refractivity contribution is 7.19. The highest BCUT2D eigenvalue weighted by atomic mass is 32.1. The molecule has 3 aromatic rings. The first-order valence-corrected chi connectivity index (χ1v) is 11.9. The van der Waals surface area contributed by atoms with E-state index in [0.29, 0.717) is 13.0 Å². The second-order valence-electron chi connectivity index (χ2n) is 9.27. The van der Waals surface area contributed by atoms with Gasteiger partial charge in [-0.2, -0.15) is 0 Å². The Morgan fingerprint density at radius 3 is 2.76 bits per heavy atom. The van der Waals surface area contributed by atoms with Crippen LogP contribution in [0.2, 0.25) is 0 Å². The molecule has 0 radical (unpaired) electrons. The van der Waals surface area contributed by atoms with Gasteiger partial charge in [-0.15, -0.1) is 11.3 Å². The van der Waals surface area contributed by atoms with E-state index in [4.69, 9.17) is 0 Å². The topological polar surface area (TPSA) is 81.6 Å². The Balaban J connectivity index is 1.66. The number of thiophene rings is 1. The van der Waals surface area contributed by atoms with Crippen molar-refractivity contribution in [3.8, 4) is 0 Å². The van der Waals surface area contributed by atoms with E-state index < -0.39 is 0 Å². The molecular formula is C25H31N5O2S. The van der Waals surface area contributed by atoms with E-state index in [9.17, 15) is 9.90 Å². The van der Waals surface area contributed by atoms with Crippen LogP contribution >= 0.6 is 11.3 Å². The Morgan fingerprint density at radius 1 is 1.30 bits per heavy atom. The van der Waals surface area contributed by atoms with Crippen LogP contribution in [0.3, 0.4) is 0 Å². The van der Waals surface area contributed by atoms with Crippen LogP contribution in [-0.2, 0) is 17.8 Å². The van der Waals surface area contributed by atoms with Crippen LogP contribution < -0.4 is 5.32 Å². The van der Waals surface area contributed by atoms with E-state index in [0.717, 1.165) is 33.0 Å². The number of carbonyl (C=O) groups excluding carboxylic acids is 1. The number of carbonyl (C=O) groups is 1. The van der Waals surface area contributed by atoms with Gasteiger partial charge in [0.15, 0.2) is 0 Å². The molecule has 7 nitrogen and oxygen atoms in total. The molecule has 0 saturated heterocycles. The summed E-state index contributed by atoms with van der Waals surface area (Å²) in [7, 11) is 3.96. The summed E-state index contributed by atoms with van der Waals surface area (Å²) >= 11 is 1.62. The molecule has 1 atom stereocenters. The molecular weight excluding hydrogens is 434 g/mol. The molecule has 2 N–H and O–H groups in total. The van der Waals surface area contributed by atoms with Crippen molar-refractivity contribution < 1.29 is 9.90 Å². The van der Waals surface area contributed by atoms with Crippen LogP contribution in [0, 0.1) is 0 Å². The number of fused-ring (bicyclic) bond motifs is 3. The predicted octanol–water partition coefficient (Wildman–Crippen LogP) is 3.62. The van der Waals surface area contributed by atoms with Crippen molar-refractivity contribution in [2.75, 3.05) is 32.6 Å². The van der Waals surface area contributed by atoms with Crippen LogP contribution in [0.15, 0.2) is 48.8 Å². The van der Waals surface area contributed by atoms with E-state index in [1.54, 1.807) is 23.7 Å². The van der Waals surface area contributed by atoms with Crippen LogP contribution in [0.1, 0.15) is 35.9 Å². The van der Waals surface area contributed by atoms with Gasteiger partial charge in [-0.1, -0.05) is 36.4 Å². The lowest BCUT2D eigenvalue weighted by atomic mass is 9.87. The largest absolute Gasteiger partial charge is 0.394 e. The first-order valence-electron chi connectivity index (χ1n) is 11.1. The Labute approximate surface area is 198 Å². The second kappa shape index (κ2) is 9.59. The Bertz CT molecular complexity index is 1160. The molecule has 0 fully saturated rings. The molecule has 3 heterocycles. The summed E-state index contributed by atoms with van der Waals surface area (Å²) in [6, 6.07) is 9.60. The van der Waals surface area contributed by atoms with Gasteiger partial charge < -0.3 is 20.2 Å². The number of benzene rings is 1. The van der Waals surface area contributed by atoms with Crippen LogP contribution in [0.5, 0.6) is 0 Å². The normalized spacial score (nSPS) is 16.4. The average Bonchev–Trinajstić information content (AvgIpc) is 3.14. The maximum absolute atomic E-state index is 13.0. The van der Waals surface area contributed by atoms with Crippen molar-refractivity contribution in [2.45, 2.75) is 38.4 Å². The van der Waals surface area contributed by atoms with Crippen molar-refractivity contribution in [1.29, 1.82) is 0 Å². The van der Waals surface area contributed by atoms with Crippen LogP contribution in [-0.4, -0.2) is 63.6 Å². The van der Waals surface area contributed by atoms with Gasteiger partial charge in [-0.05, 0) is 45.5 Å². The maximum Gasteiger partial charge on any atom is 0.247 e. The summed E-state index contributed by atoms with van der Waals surface area (Å²) in [6.07, 6.45) is 5.86. The van der Waals surface area contributed by atoms with Crippen molar-refractivity contribution in [3.05, 3.63) is 64.8 Å². The van der Waals surface area contributed by atoms with Crippen LogP contribution in [0.25, 0.3) is 10.2 Å². The summed E-state index contributed by atoms with van der Waals surface area (Å²) < 4.78 is 0. The molecule has 0 spiro atoms. The summed E-state index contributed by atoms with van der Waals surface area (Å²) in [5.74, 6) is 0.751. The zero-order valence-corrected chi connectivity index (χ0v) is 20.4. The lowest BCUT2D eigenvalue weighted by Crippen LogP contribution is -2.50. The summed E-state index contributed by atoms with van der Waals surface area (Å²) in [5.41, 5.74) is 1.84. The minimum Gasteiger partial charge on any atom is -0.394 e. The van der Waals surface area contributed by atoms with E-state index >= 15 is 0 Å². The molecule has 8 heteroatoms. The Hall–Kier alpha value is -2.81. The van der Waals surface area contributed by atoms with Gasteiger partial charge in [0.05, 0.1) is 24.6 Å².